The lowest BCUT2D eigenvalue weighted by Gasteiger charge is -2.32. The first-order valence-corrected chi connectivity index (χ1v) is 11.5. The number of hydrogen-bond acceptors (Lipinski definition) is 6. The summed E-state index contributed by atoms with van der Waals surface area (Å²) in [5, 5.41) is 8.16. The van der Waals surface area contributed by atoms with E-state index in [1.165, 1.54) is 0 Å². The Morgan fingerprint density at radius 1 is 1.14 bits per heavy atom. The average Bonchev–Trinajstić information content (AvgIpc) is 2.77. The highest BCUT2D eigenvalue weighted by atomic mass is 35.5. The minimum absolute atomic E-state index is 0.0315. The minimum Gasteiger partial charge on any atom is -0.494 e. The summed E-state index contributed by atoms with van der Waals surface area (Å²) in [6.07, 6.45) is -4.06. The number of carbonyl (C=O) groups is 1. The molecule has 0 atom stereocenters. The third-order valence-corrected chi connectivity index (χ3v) is 6.10. The molecule has 1 fully saturated rings. The molecule has 0 amide bonds. The molecule has 2 aromatic carbocycles. The zero-order valence-corrected chi connectivity index (χ0v) is 19.8. The molecular weight excluding hydrogens is 505 g/mol. The van der Waals surface area contributed by atoms with Gasteiger partial charge in [0.15, 0.2) is 11.0 Å². The van der Waals surface area contributed by atoms with Gasteiger partial charge in [0.2, 0.25) is 0 Å². The second-order valence-corrected chi connectivity index (χ2v) is 8.62. The summed E-state index contributed by atoms with van der Waals surface area (Å²) >= 11 is 6.09. The number of hydrogen-bond donors (Lipinski definition) is 1. The van der Waals surface area contributed by atoms with Gasteiger partial charge in [-0.2, -0.15) is 13.2 Å². The van der Waals surface area contributed by atoms with E-state index in [2.05, 4.69) is 0 Å². The lowest BCUT2D eigenvalue weighted by Crippen LogP contribution is -2.37. The predicted molar refractivity (Wildman–Crippen MR) is 125 cm³/mol. The molecule has 192 valence electrons. The molecule has 1 heterocycles. The quantitative estimate of drug-likeness (QED) is 0.353. The summed E-state index contributed by atoms with van der Waals surface area (Å²) in [6.45, 7) is 2.45. The maximum Gasteiger partial charge on any atom is 0.417 e. The summed E-state index contributed by atoms with van der Waals surface area (Å²) in [5.41, 5.74) is -2.11. The fraction of sp³-hybridized carbons (Fsp3) is 0.360. The molecule has 0 aliphatic heterocycles. The van der Waals surface area contributed by atoms with Crippen LogP contribution in [0.25, 0.3) is 22.3 Å². The second kappa shape index (κ2) is 10.4. The number of alkyl halides is 3. The fourth-order valence-corrected chi connectivity index (χ4v) is 4.15. The van der Waals surface area contributed by atoms with E-state index >= 15 is 0 Å². The van der Waals surface area contributed by atoms with Crippen molar-refractivity contribution < 1.29 is 41.7 Å². The highest BCUT2D eigenvalue weighted by Crippen LogP contribution is 2.39. The van der Waals surface area contributed by atoms with Crippen molar-refractivity contribution in [3.05, 3.63) is 57.2 Å². The van der Waals surface area contributed by atoms with Crippen molar-refractivity contribution in [2.75, 3.05) is 19.8 Å². The largest absolute Gasteiger partial charge is 0.494 e. The Balaban J connectivity index is 1.62. The van der Waals surface area contributed by atoms with Crippen molar-refractivity contribution >= 4 is 28.5 Å². The van der Waals surface area contributed by atoms with E-state index in [4.69, 9.17) is 35.3 Å². The van der Waals surface area contributed by atoms with Crippen molar-refractivity contribution in [1.29, 1.82) is 0 Å². The van der Waals surface area contributed by atoms with Crippen LogP contribution in [-0.4, -0.2) is 37.0 Å². The molecule has 1 saturated carbocycles. The van der Waals surface area contributed by atoms with Gasteiger partial charge in [-0.05, 0) is 44.0 Å². The van der Waals surface area contributed by atoms with Crippen LogP contribution in [0.15, 0.2) is 45.6 Å². The van der Waals surface area contributed by atoms with Crippen LogP contribution >= 0.6 is 11.6 Å². The summed E-state index contributed by atoms with van der Waals surface area (Å²) < 4.78 is 63.0. The van der Waals surface area contributed by atoms with E-state index in [9.17, 15) is 22.8 Å². The van der Waals surface area contributed by atoms with Crippen LogP contribution in [0.1, 0.15) is 25.3 Å². The summed E-state index contributed by atoms with van der Waals surface area (Å²) in [5.74, 6) is -0.544. The van der Waals surface area contributed by atoms with Crippen molar-refractivity contribution in [2.45, 2.75) is 32.0 Å². The topological polar surface area (TPSA) is 95.2 Å². The van der Waals surface area contributed by atoms with E-state index in [-0.39, 0.29) is 41.4 Å². The highest BCUT2D eigenvalue weighted by molar-refractivity contribution is 6.34. The number of aliphatic carboxylic acids is 1. The molecule has 4 rings (SSSR count). The molecule has 1 aromatic heterocycles. The molecule has 0 saturated heterocycles. The Hall–Kier alpha value is -3.24. The van der Waals surface area contributed by atoms with Crippen LogP contribution in [0.2, 0.25) is 5.02 Å². The third-order valence-electron chi connectivity index (χ3n) is 5.80. The molecule has 36 heavy (non-hydrogen) atoms. The lowest BCUT2D eigenvalue weighted by atomic mass is 9.82. The normalized spacial score (nSPS) is 17.6. The van der Waals surface area contributed by atoms with Crippen LogP contribution in [0.4, 0.5) is 13.2 Å². The van der Waals surface area contributed by atoms with Gasteiger partial charge in [-0.15, -0.1) is 0 Å². The fourth-order valence-electron chi connectivity index (χ4n) is 3.95. The predicted octanol–water partition coefficient (Wildman–Crippen LogP) is 5.79. The smallest absolute Gasteiger partial charge is 0.417 e. The van der Waals surface area contributed by atoms with Gasteiger partial charge in [0, 0.05) is 12.1 Å². The molecule has 11 heteroatoms. The Bertz CT molecular complexity index is 1330. The van der Waals surface area contributed by atoms with Gasteiger partial charge in [-0.3, -0.25) is 9.59 Å². The highest BCUT2D eigenvalue weighted by Gasteiger charge is 2.36. The van der Waals surface area contributed by atoms with Crippen molar-refractivity contribution in [1.82, 2.24) is 0 Å². The summed E-state index contributed by atoms with van der Waals surface area (Å²) in [4.78, 5) is 23.7. The van der Waals surface area contributed by atoms with Crippen molar-refractivity contribution in [2.24, 2.45) is 5.92 Å². The Kier molecular flexibility index (Phi) is 7.46. The average molecular weight is 527 g/mol. The van der Waals surface area contributed by atoms with E-state index in [0.29, 0.717) is 30.8 Å². The number of carboxylic acids is 1. The molecule has 1 aliphatic carbocycles. The Labute approximate surface area is 208 Å². The summed E-state index contributed by atoms with van der Waals surface area (Å²) in [7, 11) is 0. The van der Waals surface area contributed by atoms with Gasteiger partial charge < -0.3 is 23.7 Å². The SMILES string of the molecule is CCOc1ccc(-c2cc(=O)c3c(C(F)(F)F)ccc(Cl)c3o2)c(OCCO[C@H]2C[C@@H](C(=O)O)C2)c1. The zero-order chi connectivity index (χ0) is 26.0. The second-order valence-electron chi connectivity index (χ2n) is 8.21. The molecule has 0 radical (unpaired) electrons. The molecule has 0 unspecified atom stereocenters. The van der Waals surface area contributed by atoms with E-state index < -0.39 is 34.4 Å². The first-order valence-electron chi connectivity index (χ1n) is 11.2. The number of ether oxygens (including phenoxy) is 3. The Morgan fingerprint density at radius 2 is 1.89 bits per heavy atom. The maximum atomic E-state index is 13.5. The van der Waals surface area contributed by atoms with Crippen LogP contribution < -0.4 is 14.9 Å². The number of carboxylic acid groups (broad SMARTS) is 1. The van der Waals surface area contributed by atoms with E-state index in [0.717, 1.165) is 18.2 Å². The third kappa shape index (κ3) is 5.44. The molecule has 1 N–H and O–H groups in total. The molecule has 7 nitrogen and oxygen atoms in total. The number of rotatable bonds is 9. The minimum atomic E-state index is -4.77. The number of fused-ring (bicyclic) bond motifs is 1. The van der Waals surface area contributed by atoms with Crippen molar-refractivity contribution in [3.8, 4) is 22.8 Å². The standard InChI is InChI=1S/C25H22ClF3O7/c1-2-33-14-3-4-16(20(11-14)35-8-7-34-15-9-13(10-15)24(31)32)21-12-19(30)22-17(25(27,28)29)5-6-18(26)23(22)36-21/h3-6,11-13,15H,2,7-10H2,1H3,(H,31,32)/t13-,15+. The number of halogens is 4. The van der Waals surface area contributed by atoms with Gasteiger partial charge in [-0.1, -0.05) is 11.6 Å². The van der Waals surface area contributed by atoms with Gasteiger partial charge in [0.25, 0.3) is 0 Å². The monoisotopic (exact) mass is 526 g/mol. The first-order chi connectivity index (χ1) is 17.1. The lowest BCUT2D eigenvalue weighted by molar-refractivity contribution is -0.151. The van der Waals surface area contributed by atoms with Gasteiger partial charge in [0.05, 0.1) is 46.8 Å². The van der Waals surface area contributed by atoms with Gasteiger partial charge in [0.1, 0.15) is 23.9 Å². The summed E-state index contributed by atoms with van der Waals surface area (Å²) in [6, 6.07) is 7.49. The molecule has 0 spiro atoms. The molecule has 3 aromatic rings. The zero-order valence-electron chi connectivity index (χ0n) is 19.1. The molecule has 0 bridgehead atoms. The van der Waals surface area contributed by atoms with E-state index in [1.807, 2.05) is 0 Å². The van der Waals surface area contributed by atoms with Gasteiger partial charge >= 0.3 is 12.1 Å². The van der Waals surface area contributed by atoms with Crippen LogP contribution in [-0.2, 0) is 15.7 Å². The van der Waals surface area contributed by atoms with Gasteiger partial charge in [-0.25, -0.2) is 0 Å². The van der Waals surface area contributed by atoms with Crippen LogP contribution in [0.5, 0.6) is 11.5 Å². The van der Waals surface area contributed by atoms with Crippen molar-refractivity contribution in [3.63, 3.8) is 0 Å². The molecule has 1 aliphatic rings. The first kappa shape index (κ1) is 25.8. The number of benzene rings is 2. The molecular formula is C25H22ClF3O7. The van der Waals surface area contributed by atoms with Crippen LogP contribution in [0, 0.1) is 5.92 Å². The maximum absolute atomic E-state index is 13.5. The van der Waals surface area contributed by atoms with Crippen LogP contribution in [0.3, 0.4) is 0 Å². The Morgan fingerprint density at radius 3 is 2.56 bits per heavy atom. The van der Waals surface area contributed by atoms with E-state index in [1.54, 1.807) is 25.1 Å².